The predicted molar refractivity (Wildman–Crippen MR) is 80.1 cm³/mol. The molecule has 1 aliphatic heterocycles. The molecule has 1 unspecified atom stereocenters. The minimum Gasteiger partial charge on any atom is -0.381 e. The van der Waals surface area contributed by atoms with Gasteiger partial charge in [0.15, 0.2) is 0 Å². The first-order valence-electron chi connectivity index (χ1n) is 7.61. The van der Waals surface area contributed by atoms with Crippen molar-refractivity contribution in [2.24, 2.45) is 11.8 Å². The highest BCUT2D eigenvalue weighted by Crippen LogP contribution is 2.39. The minimum absolute atomic E-state index is 0.155. The molecular formula is C17H23NO3. The summed E-state index contributed by atoms with van der Waals surface area (Å²) in [5.74, 6) is 1.39. The summed E-state index contributed by atoms with van der Waals surface area (Å²) in [6.45, 7) is 2.34. The van der Waals surface area contributed by atoms with Gasteiger partial charge >= 0.3 is 0 Å². The van der Waals surface area contributed by atoms with Gasteiger partial charge in [-0.25, -0.2) is 0 Å². The number of carbonyl (C=O) groups excluding carboxylic acids is 1. The quantitative estimate of drug-likeness (QED) is 0.854. The summed E-state index contributed by atoms with van der Waals surface area (Å²) in [6.07, 6.45) is 2.58. The zero-order valence-corrected chi connectivity index (χ0v) is 12.7. The molecule has 1 aromatic rings. The van der Waals surface area contributed by atoms with E-state index >= 15 is 0 Å². The largest absolute Gasteiger partial charge is 0.381 e. The summed E-state index contributed by atoms with van der Waals surface area (Å²) >= 11 is 0. The second-order valence-corrected chi connectivity index (χ2v) is 6.19. The summed E-state index contributed by atoms with van der Waals surface area (Å²) in [5, 5.41) is 0. The lowest BCUT2D eigenvalue weighted by Gasteiger charge is -2.19. The molecule has 21 heavy (non-hydrogen) atoms. The molecule has 3 rings (SSSR count). The number of hydrogen-bond donors (Lipinski definition) is 0. The topological polar surface area (TPSA) is 38.8 Å². The zero-order chi connectivity index (χ0) is 14.8. The van der Waals surface area contributed by atoms with Crippen molar-refractivity contribution in [2.45, 2.75) is 25.6 Å². The third-order valence-corrected chi connectivity index (χ3v) is 4.84. The molecule has 2 aliphatic rings. The number of rotatable bonds is 4. The van der Waals surface area contributed by atoms with Crippen LogP contribution in [0, 0.1) is 11.8 Å². The van der Waals surface area contributed by atoms with E-state index in [2.05, 4.69) is 0 Å². The Morgan fingerprint density at radius 1 is 1.14 bits per heavy atom. The molecule has 1 amide bonds. The van der Waals surface area contributed by atoms with Gasteiger partial charge in [-0.2, -0.15) is 0 Å². The van der Waals surface area contributed by atoms with E-state index in [0.29, 0.717) is 24.5 Å². The Morgan fingerprint density at radius 2 is 1.76 bits per heavy atom. The molecule has 0 aromatic heterocycles. The number of carbonyl (C=O) groups is 1. The molecule has 1 aliphatic carbocycles. The van der Waals surface area contributed by atoms with Crippen molar-refractivity contribution in [3.05, 3.63) is 35.4 Å². The lowest BCUT2D eigenvalue weighted by atomic mass is 10.0. The van der Waals surface area contributed by atoms with E-state index in [-0.39, 0.29) is 5.91 Å². The molecule has 0 spiro atoms. The summed E-state index contributed by atoms with van der Waals surface area (Å²) in [6, 6.07) is 7.74. The summed E-state index contributed by atoms with van der Waals surface area (Å²) in [7, 11) is 3.46. The van der Waals surface area contributed by atoms with Gasteiger partial charge < -0.3 is 14.4 Å². The minimum atomic E-state index is 0.155. The molecule has 4 heteroatoms. The normalized spacial score (nSPS) is 27.9. The van der Waals surface area contributed by atoms with Crippen molar-refractivity contribution < 1.29 is 14.3 Å². The Bertz CT molecular complexity index is 485. The highest BCUT2D eigenvalue weighted by atomic mass is 16.5. The van der Waals surface area contributed by atoms with Crippen LogP contribution in [0.25, 0.3) is 0 Å². The molecule has 4 nitrogen and oxygen atoms in total. The van der Waals surface area contributed by atoms with Crippen LogP contribution in [0.1, 0.15) is 28.8 Å². The van der Waals surface area contributed by atoms with Crippen LogP contribution in [-0.4, -0.2) is 44.2 Å². The fourth-order valence-electron chi connectivity index (χ4n) is 3.70. The van der Waals surface area contributed by atoms with E-state index in [1.165, 1.54) is 0 Å². The van der Waals surface area contributed by atoms with E-state index in [0.717, 1.165) is 37.1 Å². The Kier molecular flexibility index (Phi) is 4.27. The van der Waals surface area contributed by atoms with Gasteiger partial charge in [-0.15, -0.1) is 0 Å². The number of ether oxygens (including phenoxy) is 2. The molecule has 114 valence electrons. The molecule has 1 saturated carbocycles. The Morgan fingerprint density at radius 3 is 2.29 bits per heavy atom. The number of benzene rings is 1. The molecule has 2 fully saturated rings. The Labute approximate surface area is 126 Å². The maximum atomic E-state index is 12.6. The number of fused-ring (bicyclic) bond motifs is 1. The molecule has 3 atom stereocenters. The van der Waals surface area contributed by atoms with E-state index in [1.807, 2.05) is 29.2 Å². The third kappa shape index (κ3) is 2.97. The van der Waals surface area contributed by atoms with Gasteiger partial charge in [0.1, 0.15) is 0 Å². The van der Waals surface area contributed by atoms with Crippen molar-refractivity contribution in [2.75, 3.05) is 27.3 Å². The Balaban J connectivity index is 1.62. The lowest BCUT2D eigenvalue weighted by molar-refractivity contribution is 0.0731. The molecule has 0 N–H and O–H groups in total. The molecular weight excluding hydrogens is 266 g/mol. The summed E-state index contributed by atoms with van der Waals surface area (Å²) in [4.78, 5) is 14.6. The molecule has 1 aromatic carbocycles. The second kappa shape index (κ2) is 6.16. The van der Waals surface area contributed by atoms with Gasteiger partial charge in [-0.3, -0.25) is 4.79 Å². The maximum Gasteiger partial charge on any atom is 0.253 e. The number of hydrogen-bond acceptors (Lipinski definition) is 3. The van der Waals surface area contributed by atoms with E-state index in [4.69, 9.17) is 9.47 Å². The number of likely N-dealkylation sites (tertiary alicyclic amines) is 1. The standard InChI is InChI=1S/C17H23NO3/c1-20-11-12-3-5-13(6-4-12)17(19)18-9-14-7-16(21-2)8-15(14)10-18/h3-6,14-16H,7-11H2,1-2H3/t14-,15+,16?. The van der Waals surface area contributed by atoms with Gasteiger partial charge in [0.05, 0.1) is 12.7 Å². The molecule has 1 saturated heterocycles. The van der Waals surface area contributed by atoms with Gasteiger partial charge in [0, 0.05) is 32.9 Å². The van der Waals surface area contributed by atoms with Crippen LogP contribution in [0.4, 0.5) is 0 Å². The molecule has 0 bridgehead atoms. The molecule has 0 radical (unpaired) electrons. The van der Waals surface area contributed by atoms with Crippen LogP contribution in [0.15, 0.2) is 24.3 Å². The van der Waals surface area contributed by atoms with E-state index in [9.17, 15) is 4.79 Å². The highest BCUT2D eigenvalue weighted by molar-refractivity contribution is 5.94. The lowest BCUT2D eigenvalue weighted by Crippen LogP contribution is -2.30. The van der Waals surface area contributed by atoms with Gasteiger partial charge in [0.2, 0.25) is 0 Å². The predicted octanol–water partition coefficient (Wildman–Crippen LogP) is 2.33. The van der Waals surface area contributed by atoms with Crippen LogP contribution in [-0.2, 0) is 16.1 Å². The van der Waals surface area contributed by atoms with Gasteiger partial charge in [0.25, 0.3) is 5.91 Å². The monoisotopic (exact) mass is 289 g/mol. The highest BCUT2D eigenvalue weighted by Gasteiger charge is 2.42. The van der Waals surface area contributed by atoms with Gasteiger partial charge in [-0.1, -0.05) is 12.1 Å². The number of nitrogens with zero attached hydrogens (tertiary/aromatic N) is 1. The van der Waals surface area contributed by atoms with E-state index in [1.54, 1.807) is 14.2 Å². The van der Waals surface area contributed by atoms with Crippen LogP contribution >= 0.6 is 0 Å². The maximum absolute atomic E-state index is 12.6. The van der Waals surface area contributed by atoms with Crippen molar-refractivity contribution >= 4 is 5.91 Å². The zero-order valence-electron chi connectivity index (χ0n) is 12.7. The first kappa shape index (κ1) is 14.5. The van der Waals surface area contributed by atoms with Crippen molar-refractivity contribution in [1.82, 2.24) is 4.90 Å². The fraction of sp³-hybridized carbons (Fsp3) is 0.588. The number of amides is 1. The van der Waals surface area contributed by atoms with Crippen LogP contribution in [0.2, 0.25) is 0 Å². The average Bonchev–Trinajstić information content (AvgIpc) is 3.05. The first-order chi connectivity index (χ1) is 10.2. The SMILES string of the molecule is COCc1ccc(C(=O)N2C[C@H]3CC(OC)C[C@H]3C2)cc1. The average molecular weight is 289 g/mol. The Hall–Kier alpha value is -1.39. The van der Waals surface area contributed by atoms with Crippen LogP contribution in [0.5, 0.6) is 0 Å². The van der Waals surface area contributed by atoms with Crippen molar-refractivity contribution in [3.8, 4) is 0 Å². The smallest absolute Gasteiger partial charge is 0.253 e. The first-order valence-corrected chi connectivity index (χ1v) is 7.61. The summed E-state index contributed by atoms with van der Waals surface area (Å²) < 4.78 is 10.5. The van der Waals surface area contributed by atoms with E-state index < -0.39 is 0 Å². The second-order valence-electron chi connectivity index (χ2n) is 6.19. The van der Waals surface area contributed by atoms with Crippen LogP contribution in [0.3, 0.4) is 0 Å². The third-order valence-electron chi connectivity index (χ3n) is 4.84. The van der Waals surface area contributed by atoms with Gasteiger partial charge in [-0.05, 0) is 42.4 Å². The van der Waals surface area contributed by atoms with Crippen LogP contribution < -0.4 is 0 Å². The van der Waals surface area contributed by atoms with Crippen molar-refractivity contribution in [3.63, 3.8) is 0 Å². The van der Waals surface area contributed by atoms with Crippen molar-refractivity contribution in [1.29, 1.82) is 0 Å². The molecule has 1 heterocycles. The fourth-order valence-corrected chi connectivity index (χ4v) is 3.70. The summed E-state index contributed by atoms with van der Waals surface area (Å²) in [5.41, 5.74) is 1.87. The number of methoxy groups -OCH3 is 2.